The summed E-state index contributed by atoms with van der Waals surface area (Å²) in [5.74, 6) is -1.01. The first-order valence-electron chi connectivity index (χ1n) is 12.6. The number of aromatic nitrogens is 2. The molecule has 2 aromatic rings. The van der Waals surface area contributed by atoms with Crippen molar-refractivity contribution in [3.8, 4) is 5.75 Å². The second kappa shape index (κ2) is 10.8. The highest BCUT2D eigenvalue weighted by molar-refractivity contribution is 7.54. The summed E-state index contributed by atoms with van der Waals surface area (Å²) in [6.07, 6.45) is -0.456. The normalized spacial score (nSPS) is 24.5. The molecule has 1 saturated heterocycles. The van der Waals surface area contributed by atoms with E-state index in [0.29, 0.717) is 18.6 Å². The number of para-hydroxylation sites is 1. The van der Waals surface area contributed by atoms with Crippen molar-refractivity contribution >= 4 is 13.6 Å². The number of carbonyl (C=O) groups is 1. The maximum absolute atomic E-state index is 13.9. The zero-order chi connectivity index (χ0) is 27.7. The molecule has 2 fully saturated rings. The van der Waals surface area contributed by atoms with Crippen molar-refractivity contribution in [2.75, 3.05) is 19.4 Å². The minimum absolute atomic E-state index is 0.205. The molecular formula is C26H35N2O9P. The van der Waals surface area contributed by atoms with Crippen molar-refractivity contribution < 1.29 is 33.0 Å². The van der Waals surface area contributed by atoms with Gasteiger partial charge < -0.3 is 19.1 Å². The first kappa shape index (κ1) is 28.3. The van der Waals surface area contributed by atoms with Gasteiger partial charge in [0.05, 0.1) is 31.4 Å². The molecule has 0 amide bonds. The largest absolute Gasteiger partial charge is 0.465 e. The van der Waals surface area contributed by atoms with Crippen LogP contribution in [0.2, 0.25) is 0 Å². The van der Waals surface area contributed by atoms with Crippen molar-refractivity contribution in [1.29, 1.82) is 0 Å². The Hall–Kier alpha value is -2.72. The molecule has 1 saturated carbocycles. The highest BCUT2D eigenvalue weighted by Gasteiger charge is 2.64. The quantitative estimate of drug-likeness (QED) is 0.337. The molecule has 0 radical (unpaired) electrons. The van der Waals surface area contributed by atoms with Gasteiger partial charge in [-0.2, -0.15) is 0 Å². The number of nitrogens with zero attached hydrogens (tertiary/aromatic N) is 1. The third-order valence-corrected chi connectivity index (χ3v) is 8.66. The van der Waals surface area contributed by atoms with Gasteiger partial charge in [0.2, 0.25) is 0 Å². The average Bonchev–Trinajstić information content (AvgIpc) is 3.60. The fourth-order valence-electron chi connectivity index (χ4n) is 4.45. The molecule has 0 bridgehead atoms. The molecule has 4 rings (SSSR count). The molecular weight excluding hydrogens is 515 g/mol. The monoisotopic (exact) mass is 550 g/mol. The summed E-state index contributed by atoms with van der Waals surface area (Å²) in [7, 11) is -3.93. The highest BCUT2D eigenvalue weighted by Crippen LogP contribution is 2.62. The molecule has 1 spiro atoms. The third-order valence-electron chi connectivity index (χ3n) is 6.64. The zero-order valence-electron chi connectivity index (χ0n) is 22.0. The molecule has 2 heterocycles. The van der Waals surface area contributed by atoms with Crippen molar-refractivity contribution in [2.24, 2.45) is 16.7 Å². The number of benzene rings is 1. The summed E-state index contributed by atoms with van der Waals surface area (Å²) >= 11 is 0. The molecule has 1 unspecified atom stereocenters. The number of ether oxygens (including phenoxy) is 2. The van der Waals surface area contributed by atoms with Gasteiger partial charge in [0, 0.05) is 17.7 Å². The first-order chi connectivity index (χ1) is 17.8. The lowest BCUT2D eigenvalue weighted by Crippen LogP contribution is -2.35. The van der Waals surface area contributed by atoms with Gasteiger partial charge in [-0.1, -0.05) is 45.9 Å². The van der Waals surface area contributed by atoms with Gasteiger partial charge in [0.25, 0.3) is 5.56 Å². The van der Waals surface area contributed by atoms with Crippen LogP contribution in [0.15, 0.2) is 52.2 Å². The van der Waals surface area contributed by atoms with Crippen LogP contribution >= 0.6 is 7.60 Å². The number of rotatable bonds is 10. The number of hydrogen-bond donors (Lipinski definition) is 2. The zero-order valence-corrected chi connectivity index (χ0v) is 22.9. The predicted molar refractivity (Wildman–Crippen MR) is 138 cm³/mol. The van der Waals surface area contributed by atoms with E-state index in [0.717, 1.165) is 0 Å². The molecule has 5 atom stereocenters. The van der Waals surface area contributed by atoms with Crippen LogP contribution in [0, 0.1) is 16.7 Å². The van der Waals surface area contributed by atoms with Crippen molar-refractivity contribution in [3.05, 3.63) is 63.4 Å². The SMILES string of the molecule is C[C@H](CP(=O)(OC[C@H]1O[C@@H](n2ccc(=O)[nH]c2=O)C2(CC2)[C@@H]1O)Oc1ccccc1)C(=O)OCC(C)(C)C. The van der Waals surface area contributed by atoms with Gasteiger partial charge in [-0.15, -0.1) is 0 Å². The van der Waals surface area contributed by atoms with Crippen LogP contribution in [-0.4, -0.2) is 52.2 Å². The Morgan fingerprint density at radius 2 is 1.92 bits per heavy atom. The second-order valence-electron chi connectivity index (χ2n) is 11.3. The Labute approximate surface area is 220 Å². The lowest BCUT2D eigenvalue weighted by Gasteiger charge is -2.25. The number of esters is 1. The molecule has 12 heteroatoms. The van der Waals surface area contributed by atoms with E-state index in [2.05, 4.69) is 4.98 Å². The Kier molecular flexibility index (Phi) is 8.04. The molecule has 1 aliphatic carbocycles. The number of aromatic amines is 1. The van der Waals surface area contributed by atoms with E-state index in [1.165, 1.54) is 16.8 Å². The first-order valence-corrected chi connectivity index (χ1v) is 14.3. The minimum atomic E-state index is -3.93. The number of carbonyl (C=O) groups excluding carboxylic acids is 1. The molecule has 11 nitrogen and oxygen atoms in total. The second-order valence-corrected chi connectivity index (χ2v) is 13.3. The molecule has 38 heavy (non-hydrogen) atoms. The van der Waals surface area contributed by atoms with Gasteiger partial charge >= 0.3 is 19.3 Å². The summed E-state index contributed by atoms with van der Waals surface area (Å²) in [6.45, 7) is 7.30. The summed E-state index contributed by atoms with van der Waals surface area (Å²) in [5.41, 5.74) is -2.13. The number of nitrogens with one attached hydrogen (secondary N) is 1. The molecule has 208 valence electrons. The Morgan fingerprint density at radius 3 is 2.53 bits per heavy atom. The summed E-state index contributed by atoms with van der Waals surface area (Å²) < 4.78 is 38.1. The van der Waals surface area contributed by atoms with E-state index >= 15 is 0 Å². The van der Waals surface area contributed by atoms with E-state index in [-0.39, 0.29) is 24.8 Å². The fraction of sp³-hybridized carbons (Fsp3) is 0.577. The van der Waals surface area contributed by atoms with Gasteiger partial charge in [0.15, 0.2) is 0 Å². The van der Waals surface area contributed by atoms with Crippen molar-refractivity contribution in [2.45, 2.75) is 59.0 Å². The number of aliphatic hydroxyl groups is 1. The molecule has 1 aromatic carbocycles. The van der Waals surface area contributed by atoms with Gasteiger partial charge in [-0.25, -0.2) is 9.36 Å². The number of hydrogen-bond acceptors (Lipinski definition) is 9. The van der Waals surface area contributed by atoms with E-state index in [9.17, 15) is 24.1 Å². The van der Waals surface area contributed by atoms with E-state index in [1.54, 1.807) is 37.3 Å². The van der Waals surface area contributed by atoms with Crippen molar-refractivity contribution in [1.82, 2.24) is 9.55 Å². The van der Waals surface area contributed by atoms with Gasteiger partial charge in [0.1, 0.15) is 18.1 Å². The van der Waals surface area contributed by atoms with Crippen LogP contribution in [0.4, 0.5) is 0 Å². The standard InChI is InChI=1S/C26H35N2O9P/c1-17(22(31)34-16-25(2,3)4)15-38(33,37-18-8-6-5-7-9-18)35-14-19-21(30)26(11-12-26)23(36-19)28-13-10-20(29)27-24(28)32/h5-10,13,17,19,21,23,30H,11-12,14-16H2,1-4H3,(H,27,29,32)/t17-,19-,21-,23-,38?/m1/s1. The van der Waals surface area contributed by atoms with Crippen LogP contribution in [-0.2, 0) is 23.4 Å². The fourth-order valence-corrected chi connectivity index (χ4v) is 6.32. The summed E-state index contributed by atoms with van der Waals surface area (Å²) in [5, 5.41) is 11.1. The minimum Gasteiger partial charge on any atom is -0.465 e. The summed E-state index contributed by atoms with van der Waals surface area (Å²) in [4.78, 5) is 38.7. The maximum atomic E-state index is 13.9. The number of H-pyrrole nitrogens is 1. The van der Waals surface area contributed by atoms with Crippen LogP contribution in [0.3, 0.4) is 0 Å². The van der Waals surface area contributed by atoms with E-state index in [4.69, 9.17) is 18.5 Å². The Balaban J connectivity index is 1.49. The summed E-state index contributed by atoms with van der Waals surface area (Å²) in [6, 6.07) is 9.66. The van der Waals surface area contributed by atoms with E-state index < -0.39 is 54.6 Å². The Bertz CT molecular complexity index is 1300. The predicted octanol–water partition coefficient (Wildman–Crippen LogP) is 3.09. The third kappa shape index (κ3) is 6.46. The van der Waals surface area contributed by atoms with Crippen LogP contribution in [0.1, 0.15) is 46.8 Å². The smallest absolute Gasteiger partial charge is 0.380 e. The highest BCUT2D eigenvalue weighted by atomic mass is 31.2. The van der Waals surface area contributed by atoms with E-state index in [1.807, 2.05) is 20.8 Å². The lowest BCUT2D eigenvalue weighted by atomic mass is 9.96. The van der Waals surface area contributed by atoms with Crippen LogP contribution < -0.4 is 15.8 Å². The number of aliphatic hydroxyl groups excluding tert-OH is 1. The molecule has 1 aliphatic heterocycles. The molecule has 2 aliphatic rings. The molecule has 1 aromatic heterocycles. The van der Waals surface area contributed by atoms with Gasteiger partial charge in [-0.3, -0.25) is 23.7 Å². The van der Waals surface area contributed by atoms with Crippen LogP contribution in [0.5, 0.6) is 5.75 Å². The lowest BCUT2D eigenvalue weighted by molar-refractivity contribution is -0.150. The molecule has 2 N–H and O–H groups in total. The van der Waals surface area contributed by atoms with Gasteiger partial charge in [-0.05, 0) is 30.4 Å². The topological polar surface area (TPSA) is 146 Å². The van der Waals surface area contributed by atoms with Crippen molar-refractivity contribution in [3.63, 3.8) is 0 Å². The van der Waals surface area contributed by atoms with Crippen LogP contribution in [0.25, 0.3) is 0 Å². The Morgan fingerprint density at radius 1 is 1.24 bits per heavy atom. The maximum Gasteiger partial charge on any atom is 0.380 e. The average molecular weight is 551 g/mol.